The molecule has 0 fully saturated rings. The highest BCUT2D eigenvalue weighted by atomic mass is 35.5. The Kier molecular flexibility index (Phi) is 3.22. The van der Waals surface area contributed by atoms with Gasteiger partial charge in [-0.3, -0.25) is 4.57 Å². The van der Waals surface area contributed by atoms with Crippen molar-refractivity contribution < 1.29 is 0 Å². The second-order valence-corrected chi connectivity index (χ2v) is 5.57. The molecule has 0 aromatic carbocycles. The summed E-state index contributed by atoms with van der Waals surface area (Å²) in [6.07, 6.45) is 1.51. The summed E-state index contributed by atoms with van der Waals surface area (Å²) in [5.41, 5.74) is 0.871. The van der Waals surface area contributed by atoms with E-state index in [0.29, 0.717) is 21.3 Å². The average Bonchev–Trinajstić information content (AvgIpc) is 2.95. The Hall–Kier alpha value is -1.87. The molecule has 20 heavy (non-hydrogen) atoms. The van der Waals surface area contributed by atoms with E-state index in [9.17, 15) is 4.79 Å². The summed E-state index contributed by atoms with van der Waals surface area (Å²) in [5.74, 6) is 0. The zero-order valence-corrected chi connectivity index (χ0v) is 12.2. The molecule has 2 N–H and O–H groups in total. The number of halogens is 1. The first kappa shape index (κ1) is 13.1. The van der Waals surface area contributed by atoms with Gasteiger partial charge in [0.05, 0.1) is 6.33 Å². The molecule has 0 atom stereocenters. The van der Waals surface area contributed by atoms with E-state index in [2.05, 4.69) is 30.1 Å². The predicted molar refractivity (Wildman–Crippen MR) is 74.0 cm³/mol. The molecule has 0 saturated carbocycles. The molecule has 3 aromatic rings. The van der Waals surface area contributed by atoms with Crippen molar-refractivity contribution in [3.63, 3.8) is 0 Å². The van der Waals surface area contributed by atoms with E-state index in [0.717, 1.165) is 0 Å². The number of nitrogens with zero attached hydrogens (tertiary/aromatic N) is 5. The Morgan fingerprint density at radius 3 is 2.95 bits per heavy atom. The molecule has 0 aliphatic carbocycles. The number of hydrogen-bond acceptors (Lipinski definition) is 6. The third-order valence-electron chi connectivity index (χ3n) is 2.60. The van der Waals surface area contributed by atoms with Crippen molar-refractivity contribution >= 4 is 34.5 Å². The molecule has 0 aliphatic rings. The maximum atomic E-state index is 11.7. The topological polar surface area (TPSA) is 105 Å². The van der Waals surface area contributed by atoms with Gasteiger partial charge in [0.15, 0.2) is 10.8 Å². The van der Waals surface area contributed by atoms with Gasteiger partial charge < -0.3 is 4.98 Å². The third-order valence-corrected chi connectivity index (χ3v) is 3.73. The predicted octanol–water partition coefficient (Wildman–Crippen LogP) is 1.62. The Morgan fingerprint density at radius 1 is 1.40 bits per heavy atom. The van der Waals surface area contributed by atoms with Crippen molar-refractivity contribution in [2.24, 2.45) is 0 Å². The number of imidazole rings is 1. The standard InChI is InChI=1S/C10H10ClN7OS/c1-4(2)18-9(19)16-17-10(18)20-7-5-6(13-3-12-5)14-8(11)15-7/h3-4H,1-2H3,(H,16,19)(H,12,13,14,15). The second kappa shape index (κ2) is 4.91. The average molecular weight is 312 g/mol. The van der Waals surface area contributed by atoms with Crippen LogP contribution in [-0.4, -0.2) is 34.7 Å². The summed E-state index contributed by atoms with van der Waals surface area (Å²) in [6.45, 7) is 3.81. The third kappa shape index (κ3) is 2.18. The lowest BCUT2D eigenvalue weighted by Crippen LogP contribution is -2.19. The number of H-pyrrole nitrogens is 2. The molecule has 10 heteroatoms. The van der Waals surface area contributed by atoms with Crippen molar-refractivity contribution in [3.8, 4) is 0 Å². The van der Waals surface area contributed by atoms with Gasteiger partial charge in [0.25, 0.3) is 0 Å². The smallest absolute Gasteiger partial charge is 0.341 e. The van der Waals surface area contributed by atoms with Crippen molar-refractivity contribution in [2.75, 3.05) is 0 Å². The molecule has 0 bridgehead atoms. The summed E-state index contributed by atoms with van der Waals surface area (Å²) >= 11 is 7.09. The summed E-state index contributed by atoms with van der Waals surface area (Å²) in [6, 6.07) is -0.0154. The van der Waals surface area contributed by atoms with Gasteiger partial charge in [0, 0.05) is 6.04 Å². The largest absolute Gasteiger partial charge is 0.344 e. The summed E-state index contributed by atoms with van der Waals surface area (Å²) < 4.78 is 1.54. The molecule has 0 amide bonds. The van der Waals surface area contributed by atoms with E-state index in [1.807, 2.05) is 13.8 Å². The Labute approximate surface area is 122 Å². The minimum absolute atomic E-state index is 0.0154. The number of fused-ring (bicyclic) bond motifs is 1. The van der Waals surface area contributed by atoms with Gasteiger partial charge in [0.1, 0.15) is 10.5 Å². The van der Waals surface area contributed by atoms with Crippen LogP contribution in [0.5, 0.6) is 0 Å². The van der Waals surface area contributed by atoms with Gasteiger partial charge in [-0.15, -0.1) is 5.10 Å². The highest BCUT2D eigenvalue weighted by Gasteiger charge is 2.17. The van der Waals surface area contributed by atoms with E-state index in [1.54, 1.807) is 4.57 Å². The fraction of sp³-hybridized carbons (Fsp3) is 0.300. The van der Waals surface area contributed by atoms with Gasteiger partial charge >= 0.3 is 5.69 Å². The lowest BCUT2D eigenvalue weighted by molar-refractivity contribution is 0.534. The van der Waals surface area contributed by atoms with Crippen LogP contribution in [0.4, 0.5) is 0 Å². The molecular weight excluding hydrogens is 302 g/mol. The highest BCUT2D eigenvalue weighted by molar-refractivity contribution is 7.99. The van der Waals surface area contributed by atoms with Crippen LogP contribution in [0.2, 0.25) is 5.28 Å². The normalized spacial score (nSPS) is 11.6. The molecule has 0 saturated heterocycles. The molecular formula is C10H10ClN7OS. The van der Waals surface area contributed by atoms with E-state index >= 15 is 0 Å². The molecule has 0 unspecified atom stereocenters. The van der Waals surface area contributed by atoms with Gasteiger partial charge in [-0.05, 0) is 37.2 Å². The van der Waals surface area contributed by atoms with E-state index in [1.165, 1.54) is 18.1 Å². The number of nitrogens with one attached hydrogen (secondary N) is 2. The minimum Gasteiger partial charge on any atom is -0.341 e. The Bertz CT molecular complexity index is 820. The molecule has 8 nitrogen and oxygen atoms in total. The van der Waals surface area contributed by atoms with Gasteiger partial charge in [-0.2, -0.15) is 4.98 Å². The SMILES string of the molecule is CC(C)n1c(Sc2nc(Cl)nc3nc[nH]c23)n[nH]c1=O. The minimum atomic E-state index is -0.261. The molecule has 3 heterocycles. The van der Waals surface area contributed by atoms with Crippen LogP contribution in [0.15, 0.2) is 21.3 Å². The first-order valence-electron chi connectivity index (χ1n) is 5.77. The number of rotatable bonds is 3. The van der Waals surface area contributed by atoms with Crippen LogP contribution in [0.25, 0.3) is 11.2 Å². The first-order valence-corrected chi connectivity index (χ1v) is 6.97. The van der Waals surface area contributed by atoms with Gasteiger partial charge in [0.2, 0.25) is 5.28 Å². The molecule has 0 spiro atoms. The number of aromatic amines is 2. The first-order chi connectivity index (χ1) is 9.56. The summed E-state index contributed by atoms with van der Waals surface area (Å²) in [7, 11) is 0. The van der Waals surface area contributed by atoms with Crippen molar-refractivity contribution in [3.05, 3.63) is 22.1 Å². The van der Waals surface area contributed by atoms with Crippen LogP contribution in [0, 0.1) is 0 Å². The van der Waals surface area contributed by atoms with E-state index < -0.39 is 0 Å². The fourth-order valence-electron chi connectivity index (χ4n) is 1.76. The summed E-state index contributed by atoms with van der Waals surface area (Å²) in [5, 5.41) is 7.61. The lowest BCUT2D eigenvalue weighted by Gasteiger charge is -2.08. The van der Waals surface area contributed by atoms with Crippen molar-refractivity contribution in [1.29, 1.82) is 0 Å². The molecule has 0 aliphatic heterocycles. The fourth-order valence-corrected chi connectivity index (χ4v) is 3.01. The zero-order valence-electron chi connectivity index (χ0n) is 10.6. The zero-order chi connectivity index (χ0) is 14.3. The van der Waals surface area contributed by atoms with Crippen LogP contribution in [0.3, 0.4) is 0 Å². The molecule has 3 aromatic heterocycles. The number of hydrogen-bond donors (Lipinski definition) is 2. The van der Waals surface area contributed by atoms with E-state index in [-0.39, 0.29) is 17.0 Å². The maximum Gasteiger partial charge on any atom is 0.344 e. The second-order valence-electron chi connectivity index (χ2n) is 4.28. The maximum absolute atomic E-state index is 11.7. The van der Waals surface area contributed by atoms with Gasteiger partial charge in [-0.1, -0.05) is 0 Å². The van der Waals surface area contributed by atoms with Crippen molar-refractivity contribution in [2.45, 2.75) is 30.1 Å². The Balaban J connectivity index is 2.10. The quantitative estimate of drug-likeness (QED) is 0.562. The lowest BCUT2D eigenvalue weighted by atomic mass is 10.4. The molecule has 0 radical (unpaired) electrons. The van der Waals surface area contributed by atoms with Crippen LogP contribution < -0.4 is 5.69 Å². The van der Waals surface area contributed by atoms with E-state index in [4.69, 9.17) is 11.6 Å². The monoisotopic (exact) mass is 311 g/mol. The number of aromatic nitrogens is 7. The van der Waals surface area contributed by atoms with Gasteiger partial charge in [-0.25, -0.2) is 19.9 Å². The highest BCUT2D eigenvalue weighted by Crippen LogP contribution is 2.29. The Morgan fingerprint density at radius 2 is 2.20 bits per heavy atom. The van der Waals surface area contributed by atoms with Crippen LogP contribution >= 0.6 is 23.4 Å². The van der Waals surface area contributed by atoms with Crippen LogP contribution in [0.1, 0.15) is 19.9 Å². The summed E-state index contributed by atoms with van der Waals surface area (Å²) in [4.78, 5) is 26.9. The molecule has 104 valence electrons. The molecule has 3 rings (SSSR count). The van der Waals surface area contributed by atoms with Crippen molar-refractivity contribution in [1.82, 2.24) is 34.7 Å². The van der Waals surface area contributed by atoms with Crippen LogP contribution in [-0.2, 0) is 0 Å².